The lowest BCUT2D eigenvalue weighted by molar-refractivity contribution is -0.123. The second-order valence-electron chi connectivity index (χ2n) is 4.92. The summed E-state index contributed by atoms with van der Waals surface area (Å²) < 4.78 is 0. The quantitative estimate of drug-likeness (QED) is 0.779. The molecule has 0 saturated carbocycles. The van der Waals surface area contributed by atoms with Crippen LogP contribution in [0.5, 0.6) is 0 Å². The Bertz CT molecular complexity index is 413. The van der Waals surface area contributed by atoms with Crippen LogP contribution in [0.2, 0.25) is 0 Å². The van der Waals surface area contributed by atoms with E-state index in [1.165, 1.54) is 11.3 Å². The summed E-state index contributed by atoms with van der Waals surface area (Å²) in [5, 5.41) is 0. The molecule has 17 heavy (non-hydrogen) atoms. The fraction of sp³-hybridized carbons (Fsp3) is 0.533. The molecule has 2 rings (SSSR count). The molecule has 2 unspecified atom stereocenters. The molecule has 1 fully saturated rings. The number of carbonyl (C=O) groups excluding carboxylic acids is 1. The van der Waals surface area contributed by atoms with Crippen molar-refractivity contribution in [2.24, 2.45) is 5.92 Å². The van der Waals surface area contributed by atoms with Crippen molar-refractivity contribution in [3.05, 3.63) is 29.8 Å². The van der Waals surface area contributed by atoms with E-state index in [-0.39, 0.29) is 5.92 Å². The zero-order chi connectivity index (χ0) is 12.4. The molecule has 0 N–H and O–H groups in total. The lowest BCUT2D eigenvalue weighted by atomic mass is 9.89. The minimum Gasteiger partial charge on any atom is -0.367 e. The van der Waals surface area contributed by atoms with Crippen molar-refractivity contribution in [2.75, 3.05) is 11.4 Å². The highest BCUT2D eigenvalue weighted by Crippen LogP contribution is 2.29. The van der Waals surface area contributed by atoms with Crippen LogP contribution < -0.4 is 4.90 Å². The van der Waals surface area contributed by atoms with Gasteiger partial charge in [-0.1, -0.05) is 32.0 Å². The van der Waals surface area contributed by atoms with E-state index in [9.17, 15) is 4.79 Å². The highest BCUT2D eigenvalue weighted by atomic mass is 16.1. The first-order chi connectivity index (χ1) is 8.15. The van der Waals surface area contributed by atoms with Crippen molar-refractivity contribution in [2.45, 2.75) is 39.7 Å². The largest absolute Gasteiger partial charge is 0.367 e. The van der Waals surface area contributed by atoms with Gasteiger partial charge in [0, 0.05) is 30.6 Å². The Balaban J connectivity index is 2.30. The average Bonchev–Trinajstić information content (AvgIpc) is 2.36. The maximum Gasteiger partial charge on any atom is 0.139 e. The summed E-state index contributed by atoms with van der Waals surface area (Å²) in [4.78, 5) is 14.1. The monoisotopic (exact) mass is 231 g/mol. The number of carbonyl (C=O) groups is 1. The first kappa shape index (κ1) is 12.2. The number of Topliss-reactive ketones (excluding diaryl/α,β-unsaturated/α-hetero) is 1. The van der Waals surface area contributed by atoms with Gasteiger partial charge in [0.1, 0.15) is 5.78 Å². The molecule has 1 aromatic carbocycles. The van der Waals surface area contributed by atoms with Crippen LogP contribution in [0, 0.1) is 5.92 Å². The Morgan fingerprint density at radius 2 is 2.00 bits per heavy atom. The Labute approximate surface area is 104 Å². The Hall–Kier alpha value is -1.31. The number of benzene rings is 1. The van der Waals surface area contributed by atoms with Crippen molar-refractivity contribution >= 4 is 11.5 Å². The van der Waals surface area contributed by atoms with Gasteiger partial charge in [0.2, 0.25) is 0 Å². The van der Waals surface area contributed by atoms with Crippen LogP contribution in [0.4, 0.5) is 5.69 Å². The van der Waals surface area contributed by atoms with Crippen molar-refractivity contribution in [3.63, 3.8) is 0 Å². The third kappa shape index (κ3) is 2.21. The van der Waals surface area contributed by atoms with E-state index in [2.05, 4.69) is 43.0 Å². The normalized spacial score (nSPS) is 25.1. The molecule has 2 nitrogen and oxygen atoms in total. The molecule has 92 valence electrons. The second-order valence-corrected chi connectivity index (χ2v) is 4.92. The van der Waals surface area contributed by atoms with E-state index in [0.29, 0.717) is 18.2 Å². The molecule has 2 atom stereocenters. The van der Waals surface area contributed by atoms with Crippen molar-refractivity contribution in [1.82, 2.24) is 0 Å². The molecule has 0 amide bonds. The molecule has 1 aliphatic heterocycles. The fourth-order valence-corrected chi connectivity index (χ4v) is 2.63. The van der Waals surface area contributed by atoms with Gasteiger partial charge in [-0.25, -0.2) is 0 Å². The summed E-state index contributed by atoms with van der Waals surface area (Å²) in [6, 6.07) is 8.85. The molecule has 0 aliphatic carbocycles. The third-order valence-electron chi connectivity index (χ3n) is 4.00. The van der Waals surface area contributed by atoms with Crippen molar-refractivity contribution < 1.29 is 4.79 Å². The van der Waals surface area contributed by atoms with Gasteiger partial charge >= 0.3 is 0 Å². The Kier molecular flexibility index (Phi) is 3.51. The van der Waals surface area contributed by atoms with Gasteiger partial charge in [0.05, 0.1) is 0 Å². The average molecular weight is 231 g/mol. The molecule has 1 saturated heterocycles. The molecule has 0 radical (unpaired) electrons. The summed E-state index contributed by atoms with van der Waals surface area (Å²) in [7, 11) is 0. The number of anilines is 1. The smallest absolute Gasteiger partial charge is 0.139 e. The van der Waals surface area contributed by atoms with Gasteiger partial charge in [-0.3, -0.25) is 4.79 Å². The summed E-state index contributed by atoms with van der Waals surface area (Å²) in [5.41, 5.74) is 2.68. The Morgan fingerprint density at radius 3 is 2.71 bits per heavy atom. The number of hydrogen-bond donors (Lipinski definition) is 0. The molecule has 0 bridgehead atoms. The van der Waals surface area contributed by atoms with E-state index in [0.717, 1.165) is 13.0 Å². The third-order valence-corrected chi connectivity index (χ3v) is 4.00. The van der Waals surface area contributed by atoms with Gasteiger partial charge in [0.25, 0.3) is 0 Å². The van der Waals surface area contributed by atoms with Gasteiger partial charge in [-0.15, -0.1) is 0 Å². The molecule has 2 heteroatoms. The van der Waals surface area contributed by atoms with Crippen LogP contribution >= 0.6 is 0 Å². The van der Waals surface area contributed by atoms with Crippen LogP contribution in [0.1, 0.15) is 32.8 Å². The second kappa shape index (κ2) is 4.91. The van der Waals surface area contributed by atoms with Gasteiger partial charge < -0.3 is 4.90 Å². The zero-order valence-electron chi connectivity index (χ0n) is 10.9. The molecule has 1 aliphatic rings. The van der Waals surface area contributed by atoms with E-state index in [1.807, 2.05) is 6.92 Å². The standard InChI is InChI=1S/C15H21NO/c1-4-13-7-5-6-8-14(13)16-10-9-15(17)11(2)12(16)3/h5-8,11-12H,4,9-10H2,1-3H3. The topological polar surface area (TPSA) is 20.3 Å². The fourth-order valence-electron chi connectivity index (χ4n) is 2.63. The minimum absolute atomic E-state index is 0.147. The summed E-state index contributed by atoms with van der Waals surface area (Å²) >= 11 is 0. The molecule has 0 spiro atoms. The summed E-state index contributed by atoms with van der Waals surface area (Å²) in [6.07, 6.45) is 1.73. The van der Waals surface area contributed by atoms with E-state index < -0.39 is 0 Å². The molecular formula is C15H21NO. The van der Waals surface area contributed by atoms with Crippen LogP contribution in [0.3, 0.4) is 0 Å². The number of nitrogens with zero attached hydrogens (tertiary/aromatic N) is 1. The van der Waals surface area contributed by atoms with E-state index >= 15 is 0 Å². The predicted molar refractivity (Wildman–Crippen MR) is 71.4 cm³/mol. The number of aryl methyl sites for hydroxylation is 1. The summed E-state index contributed by atoms with van der Waals surface area (Å²) in [6.45, 7) is 7.26. The van der Waals surface area contributed by atoms with Gasteiger partial charge in [0.15, 0.2) is 0 Å². The van der Waals surface area contributed by atoms with Crippen molar-refractivity contribution in [3.8, 4) is 0 Å². The molecule has 1 aromatic rings. The van der Waals surface area contributed by atoms with E-state index in [4.69, 9.17) is 0 Å². The lowest BCUT2D eigenvalue weighted by Crippen LogP contribution is -2.47. The SMILES string of the molecule is CCc1ccccc1N1CCC(=O)C(C)C1C. The number of hydrogen-bond acceptors (Lipinski definition) is 2. The number of piperidine rings is 1. The van der Waals surface area contributed by atoms with E-state index in [1.54, 1.807) is 0 Å². The molecule has 1 heterocycles. The maximum absolute atomic E-state index is 11.7. The molecule has 0 aromatic heterocycles. The zero-order valence-corrected chi connectivity index (χ0v) is 10.9. The highest BCUT2D eigenvalue weighted by molar-refractivity contribution is 5.84. The first-order valence-electron chi connectivity index (χ1n) is 6.52. The van der Waals surface area contributed by atoms with Gasteiger partial charge in [-0.05, 0) is 25.0 Å². The van der Waals surface area contributed by atoms with Crippen LogP contribution in [0.25, 0.3) is 0 Å². The number of rotatable bonds is 2. The lowest BCUT2D eigenvalue weighted by Gasteiger charge is -2.39. The minimum atomic E-state index is 0.147. The van der Waals surface area contributed by atoms with Crippen LogP contribution in [-0.4, -0.2) is 18.4 Å². The van der Waals surface area contributed by atoms with Gasteiger partial charge in [-0.2, -0.15) is 0 Å². The highest BCUT2D eigenvalue weighted by Gasteiger charge is 2.31. The van der Waals surface area contributed by atoms with Crippen molar-refractivity contribution in [1.29, 1.82) is 0 Å². The Morgan fingerprint density at radius 1 is 1.29 bits per heavy atom. The number of para-hydroxylation sites is 1. The number of ketones is 1. The molecular weight excluding hydrogens is 210 g/mol. The predicted octanol–water partition coefficient (Wildman–Crippen LogP) is 3.05. The summed E-state index contributed by atoms with van der Waals surface area (Å²) in [5.74, 6) is 0.552. The van der Waals surface area contributed by atoms with Crippen LogP contribution in [-0.2, 0) is 11.2 Å². The first-order valence-corrected chi connectivity index (χ1v) is 6.52. The maximum atomic E-state index is 11.7. The van der Waals surface area contributed by atoms with Crippen LogP contribution in [0.15, 0.2) is 24.3 Å².